The fraction of sp³-hybridized carbons (Fsp3) is 0.455. The molecule has 14 heavy (non-hydrogen) atoms. The average Bonchev–Trinajstić information content (AvgIpc) is 2.01. The zero-order valence-electron chi connectivity index (χ0n) is 8.76. The van der Waals surface area contributed by atoms with Gasteiger partial charge in [0.05, 0.1) is 0 Å². The van der Waals surface area contributed by atoms with E-state index in [2.05, 4.69) is 24.9 Å². The average molecular weight is 213 g/mol. The second kappa shape index (κ2) is 5.35. The van der Waals surface area contributed by atoms with Crippen LogP contribution in [0.4, 0.5) is 0 Å². The lowest BCUT2D eigenvalue weighted by Gasteiger charge is -2.15. The predicted octanol–water partition coefficient (Wildman–Crippen LogP) is 2.04. The molecule has 0 radical (unpaired) electrons. The highest BCUT2D eigenvalue weighted by molar-refractivity contribution is 6.30. The Balaban J connectivity index is 2.66. The molecule has 0 heterocycles. The van der Waals surface area contributed by atoms with Crippen LogP contribution < -0.4 is 5.73 Å². The number of hydrogen-bond acceptors (Lipinski definition) is 2. The van der Waals surface area contributed by atoms with Gasteiger partial charge >= 0.3 is 0 Å². The molecule has 2 nitrogen and oxygen atoms in total. The van der Waals surface area contributed by atoms with Crippen LogP contribution in [0.25, 0.3) is 0 Å². The maximum atomic E-state index is 5.97. The Hall–Kier alpha value is -0.570. The van der Waals surface area contributed by atoms with Crippen molar-refractivity contribution < 1.29 is 0 Å². The number of aryl methyl sites for hydroxylation is 1. The Kier molecular flexibility index (Phi) is 4.39. The highest BCUT2D eigenvalue weighted by atomic mass is 35.5. The topological polar surface area (TPSA) is 29.3 Å². The summed E-state index contributed by atoms with van der Waals surface area (Å²) in [6.45, 7) is 4.55. The first-order chi connectivity index (χ1) is 6.61. The third-order valence-corrected chi connectivity index (χ3v) is 2.28. The summed E-state index contributed by atoms with van der Waals surface area (Å²) in [6.07, 6.45) is 0. The Morgan fingerprint density at radius 2 is 2.07 bits per heavy atom. The van der Waals surface area contributed by atoms with Crippen molar-refractivity contribution in [2.24, 2.45) is 5.73 Å². The summed E-state index contributed by atoms with van der Waals surface area (Å²) >= 11 is 5.97. The third kappa shape index (κ3) is 3.66. The lowest BCUT2D eigenvalue weighted by atomic mass is 10.1. The van der Waals surface area contributed by atoms with Crippen LogP contribution in [0.1, 0.15) is 11.1 Å². The van der Waals surface area contributed by atoms with Gasteiger partial charge in [0.15, 0.2) is 0 Å². The van der Waals surface area contributed by atoms with E-state index in [0.717, 1.165) is 18.1 Å². The van der Waals surface area contributed by atoms with E-state index in [9.17, 15) is 0 Å². The van der Waals surface area contributed by atoms with Crippen molar-refractivity contribution in [1.29, 1.82) is 0 Å². The van der Waals surface area contributed by atoms with Crippen molar-refractivity contribution in [2.45, 2.75) is 13.5 Å². The van der Waals surface area contributed by atoms with Crippen molar-refractivity contribution in [3.8, 4) is 0 Å². The van der Waals surface area contributed by atoms with Gasteiger partial charge in [-0.3, -0.25) is 0 Å². The second-order valence-electron chi connectivity index (χ2n) is 3.66. The first kappa shape index (κ1) is 11.5. The molecular weight excluding hydrogens is 196 g/mol. The maximum absolute atomic E-state index is 5.97. The molecule has 0 spiro atoms. The summed E-state index contributed by atoms with van der Waals surface area (Å²) in [7, 11) is 2.06. The van der Waals surface area contributed by atoms with Crippen molar-refractivity contribution in [3.05, 3.63) is 34.3 Å². The van der Waals surface area contributed by atoms with E-state index in [1.807, 2.05) is 12.1 Å². The summed E-state index contributed by atoms with van der Waals surface area (Å²) in [6, 6.07) is 6.12. The Labute approximate surface area is 90.7 Å². The van der Waals surface area contributed by atoms with E-state index in [1.165, 1.54) is 11.1 Å². The molecule has 2 N–H and O–H groups in total. The van der Waals surface area contributed by atoms with Gasteiger partial charge < -0.3 is 10.6 Å². The van der Waals surface area contributed by atoms with Gasteiger partial charge in [0.2, 0.25) is 0 Å². The van der Waals surface area contributed by atoms with Gasteiger partial charge in [0.25, 0.3) is 0 Å². The number of benzene rings is 1. The molecule has 0 saturated heterocycles. The fourth-order valence-corrected chi connectivity index (χ4v) is 1.83. The molecule has 0 aromatic heterocycles. The minimum Gasteiger partial charge on any atom is -0.329 e. The molecule has 0 aliphatic rings. The summed E-state index contributed by atoms with van der Waals surface area (Å²) in [5.41, 5.74) is 7.92. The number of halogens is 1. The van der Waals surface area contributed by atoms with Crippen LogP contribution >= 0.6 is 11.6 Å². The summed E-state index contributed by atoms with van der Waals surface area (Å²) < 4.78 is 0. The number of nitrogens with two attached hydrogens (primary N) is 1. The number of hydrogen-bond donors (Lipinski definition) is 1. The fourth-order valence-electron chi connectivity index (χ4n) is 1.51. The molecule has 1 aromatic carbocycles. The minimum atomic E-state index is 0.691. The number of rotatable bonds is 4. The van der Waals surface area contributed by atoms with Gasteiger partial charge in [0, 0.05) is 24.7 Å². The zero-order chi connectivity index (χ0) is 10.6. The summed E-state index contributed by atoms with van der Waals surface area (Å²) in [5, 5.41) is 0.807. The lowest BCUT2D eigenvalue weighted by Crippen LogP contribution is -2.24. The van der Waals surface area contributed by atoms with Crippen LogP contribution in [0.3, 0.4) is 0 Å². The van der Waals surface area contributed by atoms with E-state index in [4.69, 9.17) is 17.3 Å². The van der Waals surface area contributed by atoms with Crippen molar-refractivity contribution in [1.82, 2.24) is 4.90 Å². The highest BCUT2D eigenvalue weighted by Crippen LogP contribution is 2.15. The first-order valence-corrected chi connectivity index (χ1v) is 5.14. The molecular formula is C11H17ClN2. The van der Waals surface area contributed by atoms with Crippen LogP contribution in [0, 0.1) is 6.92 Å². The van der Waals surface area contributed by atoms with Gasteiger partial charge in [-0.2, -0.15) is 0 Å². The molecule has 1 aromatic rings. The van der Waals surface area contributed by atoms with Gasteiger partial charge in [-0.05, 0) is 37.2 Å². The monoisotopic (exact) mass is 212 g/mol. The normalized spacial score (nSPS) is 10.9. The Morgan fingerprint density at radius 1 is 1.36 bits per heavy atom. The predicted molar refractivity (Wildman–Crippen MR) is 61.6 cm³/mol. The van der Waals surface area contributed by atoms with E-state index in [-0.39, 0.29) is 0 Å². The van der Waals surface area contributed by atoms with Crippen LogP contribution in [-0.4, -0.2) is 25.0 Å². The molecule has 3 heteroatoms. The van der Waals surface area contributed by atoms with E-state index >= 15 is 0 Å². The number of likely N-dealkylation sites (N-methyl/N-ethyl adjacent to an activating group) is 1. The molecule has 0 fully saturated rings. The quantitative estimate of drug-likeness (QED) is 0.828. The minimum absolute atomic E-state index is 0.691. The van der Waals surface area contributed by atoms with Crippen LogP contribution in [0.15, 0.2) is 18.2 Å². The Bertz CT molecular complexity index is 279. The molecule has 0 aliphatic heterocycles. The first-order valence-electron chi connectivity index (χ1n) is 4.76. The second-order valence-corrected chi connectivity index (χ2v) is 4.10. The highest BCUT2D eigenvalue weighted by Gasteiger charge is 2.00. The molecule has 0 aliphatic carbocycles. The largest absolute Gasteiger partial charge is 0.329 e. The van der Waals surface area contributed by atoms with Crippen molar-refractivity contribution in [3.63, 3.8) is 0 Å². The molecule has 0 bridgehead atoms. The third-order valence-electron chi connectivity index (χ3n) is 2.07. The van der Waals surface area contributed by atoms with Gasteiger partial charge in [-0.15, -0.1) is 0 Å². The molecule has 0 unspecified atom stereocenters. The van der Waals surface area contributed by atoms with Crippen molar-refractivity contribution in [2.75, 3.05) is 20.1 Å². The van der Waals surface area contributed by atoms with Crippen molar-refractivity contribution >= 4 is 11.6 Å². The molecule has 1 rings (SSSR count). The standard InChI is InChI=1S/C11H17ClN2/c1-9-5-10(7-11(12)6-9)8-14(2)4-3-13/h5-7H,3-4,8,13H2,1-2H3. The Morgan fingerprint density at radius 3 is 2.64 bits per heavy atom. The van der Waals surface area contributed by atoms with Gasteiger partial charge in [-0.1, -0.05) is 17.7 Å². The van der Waals surface area contributed by atoms with E-state index < -0.39 is 0 Å². The number of nitrogens with zero attached hydrogens (tertiary/aromatic N) is 1. The molecule has 78 valence electrons. The van der Waals surface area contributed by atoms with E-state index in [1.54, 1.807) is 0 Å². The van der Waals surface area contributed by atoms with E-state index in [0.29, 0.717) is 6.54 Å². The molecule has 0 atom stereocenters. The smallest absolute Gasteiger partial charge is 0.0411 e. The molecule has 0 amide bonds. The zero-order valence-corrected chi connectivity index (χ0v) is 9.51. The van der Waals surface area contributed by atoms with Crippen LogP contribution in [0.5, 0.6) is 0 Å². The summed E-state index contributed by atoms with van der Waals surface area (Å²) in [4.78, 5) is 2.19. The molecule has 0 saturated carbocycles. The maximum Gasteiger partial charge on any atom is 0.0411 e. The van der Waals surface area contributed by atoms with Gasteiger partial charge in [-0.25, -0.2) is 0 Å². The summed E-state index contributed by atoms with van der Waals surface area (Å²) in [5.74, 6) is 0. The van der Waals surface area contributed by atoms with Crippen LogP contribution in [0.2, 0.25) is 5.02 Å². The van der Waals surface area contributed by atoms with Gasteiger partial charge in [0.1, 0.15) is 0 Å². The van der Waals surface area contributed by atoms with Crippen LogP contribution in [-0.2, 0) is 6.54 Å². The SMILES string of the molecule is Cc1cc(Cl)cc(CN(C)CCN)c1. The lowest BCUT2D eigenvalue weighted by molar-refractivity contribution is 0.336.